The van der Waals surface area contributed by atoms with Crippen LogP contribution in [-0.2, 0) is 26.0 Å². The van der Waals surface area contributed by atoms with E-state index in [9.17, 15) is 18.0 Å². The molecule has 1 aliphatic rings. The summed E-state index contributed by atoms with van der Waals surface area (Å²) in [6.07, 6.45) is 0.167. The maximum atomic E-state index is 13.6. The van der Waals surface area contributed by atoms with E-state index in [0.717, 1.165) is 5.56 Å². The molecule has 2 aromatic carbocycles. The fourth-order valence-electron chi connectivity index (χ4n) is 3.95. The van der Waals surface area contributed by atoms with Gasteiger partial charge in [0.05, 0.1) is 20.9 Å². The molecular weight excluding hydrogens is 506 g/mol. The molecule has 1 atom stereocenters. The van der Waals surface area contributed by atoms with E-state index in [0.29, 0.717) is 5.75 Å². The van der Waals surface area contributed by atoms with Crippen molar-refractivity contribution in [3.63, 3.8) is 0 Å². The second kappa shape index (κ2) is 11.5. The first-order chi connectivity index (χ1) is 17.0. The molecule has 11 heteroatoms. The monoisotopic (exact) mass is 537 g/mol. The van der Waals surface area contributed by atoms with Crippen LogP contribution in [0.15, 0.2) is 47.4 Å². The molecule has 0 spiro atoms. The van der Waals surface area contributed by atoms with E-state index in [1.165, 1.54) is 34.5 Å². The zero-order valence-corrected chi connectivity index (χ0v) is 22.7. The van der Waals surface area contributed by atoms with Crippen LogP contribution in [0.25, 0.3) is 0 Å². The zero-order chi connectivity index (χ0) is 26.6. The molecule has 2 aromatic rings. The summed E-state index contributed by atoms with van der Waals surface area (Å²) in [6, 6.07) is 10.6. The number of amides is 2. The predicted molar refractivity (Wildman–Crippen MR) is 137 cm³/mol. The Kier molecular flexibility index (Phi) is 8.86. The van der Waals surface area contributed by atoms with Crippen molar-refractivity contribution in [2.45, 2.75) is 43.7 Å². The maximum absolute atomic E-state index is 13.6. The maximum Gasteiger partial charge on any atom is 0.248 e. The van der Waals surface area contributed by atoms with Gasteiger partial charge < -0.3 is 19.3 Å². The lowest BCUT2D eigenvalue weighted by molar-refractivity contribution is -0.149. The van der Waals surface area contributed by atoms with Crippen molar-refractivity contribution in [1.29, 1.82) is 0 Å². The van der Waals surface area contributed by atoms with Crippen LogP contribution in [0.4, 0.5) is 0 Å². The standard InChI is InChI=1S/C25H32ClN3O6S/c1-17(2)27(3)25(31)21(14-18-6-9-20(34-4)10-7-18)29-16-28(13-12-24(29)30)36(32,33)23-15-19(26)8-11-22(23)35-5/h6-11,15,17,21H,12-14,16H2,1-5H3. The molecule has 0 bridgehead atoms. The fraction of sp³-hybridized carbons (Fsp3) is 0.440. The lowest BCUT2D eigenvalue weighted by atomic mass is 10.0. The van der Waals surface area contributed by atoms with Gasteiger partial charge in [-0.3, -0.25) is 9.59 Å². The van der Waals surface area contributed by atoms with Crippen LogP contribution in [0.3, 0.4) is 0 Å². The topological polar surface area (TPSA) is 96.5 Å². The minimum Gasteiger partial charge on any atom is -0.497 e. The number of halogens is 1. The fourth-order valence-corrected chi connectivity index (χ4v) is 5.75. The number of likely N-dealkylation sites (N-methyl/N-ethyl adjacent to an activating group) is 1. The number of rotatable bonds is 9. The zero-order valence-electron chi connectivity index (χ0n) is 21.1. The molecule has 1 fully saturated rings. The highest BCUT2D eigenvalue weighted by atomic mass is 35.5. The average molecular weight is 538 g/mol. The number of hydrogen-bond acceptors (Lipinski definition) is 6. The summed E-state index contributed by atoms with van der Waals surface area (Å²) in [5.74, 6) is 0.258. The van der Waals surface area contributed by atoms with Gasteiger partial charge in [0, 0.05) is 37.5 Å². The molecule has 1 aliphatic heterocycles. The number of sulfonamides is 1. The van der Waals surface area contributed by atoms with Gasteiger partial charge in [0.25, 0.3) is 0 Å². The summed E-state index contributed by atoms with van der Waals surface area (Å²) in [5.41, 5.74) is 0.815. The van der Waals surface area contributed by atoms with Crippen LogP contribution in [0.1, 0.15) is 25.8 Å². The van der Waals surface area contributed by atoms with Gasteiger partial charge in [-0.25, -0.2) is 8.42 Å². The van der Waals surface area contributed by atoms with Gasteiger partial charge in [-0.05, 0) is 49.7 Å². The number of hydrogen-bond donors (Lipinski definition) is 0. The quantitative estimate of drug-likeness (QED) is 0.488. The van der Waals surface area contributed by atoms with Crippen molar-refractivity contribution in [3.8, 4) is 11.5 Å². The molecule has 0 radical (unpaired) electrons. The van der Waals surface area contributed by atoms with E-state index in [-0.39, 0.29) is 59.6 Å². The lowest BCUT2D eigenvalue weighted by Gasteiger charge is -2.40. The Bertz CT molecular complexity index is 1200. The van der Waals surface area contributed by atoms with E-state index in [2.05, 4.69) is 0 Å². The normalized spacial score (nSPS) is 15.6. The summed E-state index contributed by atoms with van der Waals surface area (Å²) < 4.78 is 38.8. The Morgan fingerprint density at radius 3 is 2.36 bits per heavy atom. The summed E-state index contributed by atoms with van der Waals surface area (Å²) in [6.45, 7) is 3.47. The van der Waals surface area contributed by atoms with Gasteiger partial charge in [-0.1, -0.05) is 23.7 Å². The molecule has 36 heavy (non-hydrogen) atoms. The molecule has 0 aromatic heterocycles. The predicted octanol–water partition coefficient (Wildman–Crippen LogP) is 3.02. The molecule has 2 amide bonds. The minimum atomic E-state index is -4.07. The first-order valence-corrected chi connectivity index (χ1v) is 13.3. The van der Waals surface area contributed by atoms with Crippen LogP contribution in [-0.4, -0.2) is 80.9 Å². The molecule has 1 heterocycles. The van der Waals surface area contributed by atoms with Gasteiger partial charge in [-0.2, -0.15) is 4.31 Å². The Balaban J connectivity index is 1.97. The highest BCUT2D eigenvalue weighted by Gasteiger charge is 2.40. The van der Waals surface area contributed by atoms with Crippen molar-refractivity contribution in [2.75, 3.05) is 34.5 Å². The third-order valence-corrected chi connectivity index (χ3v) is 8.41. The van der Waals surface area contributed by atoms with Crippen LogP contribution < -0.4 is 9.47 Å². The number of carbonyl (C=O) groups excluding carboxylic acids is 2. The van der Waals surface area contributed by atoms with Gasteiger partial charge in [0.1, 0.15) is 22.4 Å². The lowest BCUT2D eigenvalue weighted by Crippen LogP contribution is -2.59. The molecule has 0 saturated carbocycles. The van der Waals surface area contributed by atoms with Crippen LogP contribution in [0.2, 0.25) is 5.02 Å². The highest BCUT2D eigenvalue weighted by Crippen LogP contribution is 2.31. The van der Waals surface area contributed by atoms with E-state index in [4.69, 9.17) is 21.1 Å². The number of benzene rings is 2. The third-order valence-electron chi connectivity index (χ3n) is 6.32. The molecule has 3 rings (SSSR count). The summed E-state index contributed by atoms with van der Waals surface area (Å²) >= 11 is 6.08. The molecule has 9 nitrogen and oxygen atoms in total. The van der Waals surface area contributed by atoms with Crippen molar-refractivity contribution in [2.24, 2.45) is 0 Å². The number of nitrogens with zero attached hydrogens (tertiary/aromatic N) is 3. The van der Waals surface area contributed by atoms with Gasteiger partial charge >= 0.3 is 0 Å². The Hall–Kier alpha value is -2.82. The van der Waals surface area contributed by atoms with Crippen molar-refractivity contribution in [3.05, 3.63) is 53.1 Å². The first kappa shape index (κ1) is 27.8. The SMILES string of the molecule is COc1ccc(CC(C(=O)N(C)C(C)C)N2CN(S(=O)(=O)c3cc(Cl)ccc3OC)CCC2=O)cc1. The molecule has 0 aliphatic carbocycles. The van der Waals surface area contributed by atoms with Crippen LogP contribution in [0.5, 0.6) is 11.5 Å². The smallest absolute Gasteiger partial charge is 0.248 e. The van der Waals surface area contributed by atoms with E-state index < -0.39 is 16.1 Å². The Labute approximate surface area is 217 Å². The largest absolute Gasteiger partial charge is 0.497 e. The minimum absolute atomic E-state index is 0.0171. The molecule has 196 valence electrons. The second-order valence-corrected chi connectivity index (χ2v) is 11.2. The molecule has 1 unspecified atom stereocenters. The van der Waals surface area contributed by atoms with Crippen LogP contribution in [0, 0.1) is 0 Å². The summed E-state index contributed by atoms with van der Waals surface area (Å²) in [5, 5.41) is 0.241. The second-order valence-electron chi connectivity index (χ2n) is 8.84. The van der Waals surface area contributed by atoms with E-state index >= 15 is 0 Å². The van der Waals surface area contributed by atoms with Gasteiger partial charge in [0.15, 0.2) is 0 Å². The number of ether oxygens (including phenoxy) is 2. The third kappa shape index (κ3) is 5.93. The van der Waals surface area contributed by atoms with E-state index in [1.54, 1.807) is 31.2 Å². The molecule has 0 N–H and O–H groups in total. The molecule has 1 saturated heterocycles. The first-order valence-electron chi connectivity index (χ1n) is 11.5. The Morgan fingerprint density at radius 1 is 1.11 bits per heavy atom. The number of carbonyl (C=O) groups is 2. The average Bonchev–Trinajstić information content (AvgIpc) is 2.87. The highest BCUT2D eigenvalue weighted by molar-refractivity contribution is 7.89. The molecular formula is C25H32ClN3O6S. The van der Waals surface area contributed by atoms with Gasteiger partial charge in [-0.15, -0.1) is 0 Å². The summed E-state index contributed by atoms with van der Waals surface area (Å²) in [7, 11) is 0.541. The summed E-state index contributed by atoms with van der Waals surface area (Å²) in [4.78, 5) is 29.4. The van der Waals surface area contributed by atoms with Crippen molar-refractivity contribution < 1.29 is 27.5 Å². The van der Waals surface area contributed by atoms with Crippen molar-refractivity contribution in [1.82, 2.24) is 14.1 Å². The van der Waals surface area contributed by atoms with Crippen molar-refractivity contribution >= 4 is 33.4 Å². The van der Waals surface area contributed by atoms with Gasteiger partial charge in [0.2, 0.25) is 21.8 Å². The Morgan fingerprint density at radius 2 is 1.78 bits per heavy atom. The number of methoxy groups -OCH3 is 2. The van der Waals surface area contributed by atoms with Crippen LogP contribution >= 0.6 is 11.6 Å². The van der Waals surface area contributed by atoms with E-state index in [1.807, 2.05) is 26.0 Å².